The van der Waals surface area contributed by atoms with Crippen molar-refractivity contribution in [3.8, 4) is 0 Å². The molecule has 0 fully saturated rings. The van der Waals surface area contributed by atoms with Crippen LogP contribution in [0, 0.1) is 5.41 Å². The van der Waals surface area contributed by atoms with Gasteiger partial charge in [0.15, 0.2) is 5.22 Å². The number of aliphatic hydroxyl groups excluding tert-OH is 1. The highest BCUT2D eigenvalue weighted by Crippen LogP contribution is 2.21. The van der Waals surface area contributed by atoms with Crippen LogP contribution in [0.3, 0.4) is 0 Å². The highest BCUT2D eigenvalue weighted by molar-refractivity contribution is 6.28. The molecule has 0 radical (unpaired) electrons. The van der Waals surface area contributed by atoms with Gasteiger partial charge in [0.05, 0.1) is 13.2 Å². The molecule has 1 unspecified atom stereocenters. The van der Waals surface area contributed by atoms with E-state index >= 15 is 0 Å². The first-order valence-corrected chi connectivity index (χ1v) is 5.87. The molecule has 92 valence electrons. The Hall–Kier alpha value is -0.510. The van der Waals surface area contributed by atoms with E-state index in [0.717, 1.165) is 12.2 Å². The Morgan fingerprint density at radius 3 is 2.56 bits per heavy atom. The molecule has 0 bridgehead atoms. The van der Waals surface area contributed by atoms with Crippen LogP contribution in [0.2, 0.25) is 5.22 Å². The van der Waals surface area contributed by atoms with Crippen molar-refractivity contribution in [3.05, 3.63) is 23.1 Å². The van der Waals surface area contributed by atoms with Crippen LogP contribution in [-0.2, 0) is 6.54 Å². The van der Waals surface area contributed by atoms with Crippen LogP contribution >= 0.6 is 11.6 Å². The fourth-order valence-electron chi connectivity index (χ4n) is 1.63. The lowest BCUT2D eigenvalue weighted by atomic mass is 9.88. The van der Waals surface area contributed by atoms with E-state index in [2.05, 4.69) is 26.1 Å². The van der Waals surface area contributed by atoms with Crippen molar-refractivity contribution in [1.29, 1.82) is 0 Å². The molecule has 0 aliphatic rings. The number of hydrogen-bond donors (Lipinski definition) is 2. The average Bonchev–Trinajstić information content (AvgIpc) is 2.57. The van der Waals surface area contributed by atoms with Crippen molar-refractivity contribution in [3.63, 3.8) is 0 Å². The molecular formula is C12H20ClNO2. The van der Waals surface area contributed by atoms with Gasteiger partial charge in [-0.3, -0.25) is 0 Å². The van der Waals surface area contributed by atoms with Crippen LogP contribution in [0.25, 0.3) is 0 Å². The summed E-state index contributed by atoms with van der Waals surface area (Å²) in [6.07, 6.45) is 0.915. The molecule has 1 atom stereocenters. The minimum atomic E-state index is 0.0869. The van der Waals surface area contributed by atoms with E-state index in [1.807, 2.05) is 6.07 Å². The standard InChI is InChI=1S/C12H20ClNO2/c1-12(2,3)6-9(8-15)14-7-10-4-5-11(13)16-10/h4-5,9,14-15H,6-8H2,1-3H3. The first kappa shape index (κ1) is 13.6. The quantitative estimate of drug-likeness (QED) is 0.839. The molecule has 0 saturated carbocycles. The minimum Gasteiger partial charge on any atom is -0.448 e. The van der Waals surface area contributed by atoms with E-state index in [9.17, 15) is 5.11 Å². The highest BCUT2D eigenvalue weighted by atomic mass is 35.5. The van der Waals surface area contributed by atoms with Gasteiger partial charge in [0.1, 0.15) is 5.76 Å². The molecule has 0 amide bonds. The number of nitrogens with one attached hydrogen (secondary N) is 1. The summed E-state index contributed by atoms with van der Waals surface area (Å²) in [5.41, 5.74) is 0.196. The third kappa shape index (κ3) is 5.01. The third-order valence-corrected chi connectivity index (χ3v) is 2.48. The Bertz CT molecular complexity index is 317. The third-order valence-electron chi connectivity index (χ3n) is 2.27. The summed E-state index contributed by atoms with van der Waals surface area (Å²) < 4.78 is 5.23. The van der Waals surface area contributed by atoms with Gasteiger partial charge in [-0.15, -0.1) is 0 Å². The molecule has 0 aromatic carbocycles. The van der Waals surface area contributed by atoms with E-state index in [4.69, 9.17) is 16.0 Å². The van der Waals surface area contributed by atoms with E-state index in [-0.39, 0.29) is 18.1 Å². The molecule has 1 heterocycles. The minimum absolute atomic E-state index is 0.0869. The SMILES string of the molecule is CC(C)(C)CC(CO)NCc1ccc(Cl)o1. The van der Waals surface area contributed by atoms with Gasteiger partial charge in [-0.25, -0.2) is 0 Å². The van der Waals surface area contributed by atoms with Gasteiger partial charge in [0, 0.05) is 6.04 Å². The predicted octanol–water partition coefficient (Wildman–Crippen LogP) is 2.82. The molecule has 16 heavy (non-hydrogen) atoms. The topological polar surface area (TPSA) is 45.4 Å². The molecule has 0 aliphatic heterocycles. The van der Waals surface area contributed by atoms with E-state index in [1.165, 1.54) is 0 Å². The molecule has 0 spiro atoms. The van der Waals surface area contributed by atoms with Crippen LogP contribution in [0.15, 0.2) is 16.5 Å². The maximum absolute atomic E-state index is 9.25. The Morgan fingerprint density at radius 1 is 1.44 bits per heavy atom. The molecule has 0 aliphatic carbocycles. The molecule has 1 aromatic rings. The first-order chi connectivity index (χ1) is 7.40. The number of halogens is 1. The Kier molecular flexibility index (Phi) is 4.84. The van der Waals surface area contributed by atoms with Gasteiger partial charge in [-0.1, -0.05) is 20.8 Å². The number of hydrogen-bond acceptors (Lipinski definition) is 3. The molecular weight excluding hydrogens is 226 g/mol. The van der Waals surface area contributed by atoms with E-state index in [1.54, 1.807) is 6.07 Å². The smallest absolute Gasteiger partial charge is 0.193 e. The molecule has 4 heteroatoms. The van der Waals surface area contributed by atoms with Gasteiger partial charge in [0.2, 0.25) is 0 Å². The van der Waals surface area contributed by atoms with E-state index < -0.39 is 0 Å². The van der Waals surface area contributed by atoms with Crippen LogP contribution in [0.5, 0.6) is 0 Å². The van der Waals surface area contributed by atoms with Gasteiger partial charge >= 0.3 is 0 Å². The Labute approximate surface area is 102 Å². The van der Waals surface area contributed by atoms with Crippen molar-refractivity contribution in [2.24, 2.45) is 5.41 Å². The lowest BCUT2D eigenvalue weighted by molar-refractivity contribution is 0.195. The summed E-state index contributed by atoms with van der Waals surface area (Å²) >= 11 is 5.67. The Morgan fingerprint density at radius 2 is 2.12 bits per heavy atom. The summed E-state index contributed by atoms with van der Waals surface area (Å²) in [5.74, 6) is 0.789. The maximum Gasteiger partial charge on any atom is 0.193 e. The normalized spacial score (nSPS) is 14.1. The predicted molar refractivity (Wildman–Crippen MR) is 65.5 cm³/mol. The summed E-state index contributed by atoms with van der Waals surface area (Å²) in [4.78, 5) is 0. The lowest BCUT2D eigenvalue weighted by Gasteiger charge is -2.25. The van der Waals surface area contributed by atoms with Crippen LogP contribution in [-0.4, -0.2) is 17.8 Å². The van der Waals surface area contributed by atoms with E-state index in [0.29, 0.717) is 11.8 Å². The first-order valence-electron chi connectivity index (χ1n) is 5.49. The molecule has 1 rings (SSSR count). The molecule has 3 nitrogen and oxygen atoms in total. The van der Waals surface area contributed by atoms with Crippen molar-refractivity contribution in [1.82, 2.24) is 5.32 Å². The number of rotatable bonds is 5. The summed E-state index contributed by atoms with van der Waals surface area (Å²) in [7, 11) is 0. The van der Waals surface area contributed by atoms with Gasteiger partial charge < -0.3 is 14.8 Å². The van der Waals surface area contributed by atoms with Crippen molar-refractivity contribution in [2.75, 3.05) is 6.61 Å². The van der Waals surface area contributed by atoms with Crippen molar-refractivity contribution in [2.45, 2.75) is 39.8 Å². The van der Waals surface area contributed by atoms with Crippen LogP contribution in [0.4, 0.5) is 0 Å². The summed E-state index contributed by atoms with van der Waals surface area (Å²) in [6.45, 7) is 7.18. The molecule has 0 saturated heterocycles. The zero-order valence-electron chi connectivity index (χ0n) is 10.1. The molecule has 2 N–H and O–H groups in total. The zero-order valence-corrected chi connectivity index (χ0v) is 10.8. The second kappa shape index (κ2) is 5.71. The lowest BCUT2D eigenvalue weighted by Crippen LogP contribution is -2.35. The second-order valence-corrected chi connectivity index (χ2v) is 5.60. The maximum atomic E-state index is 9.25. The second-order valence-electron chi connectivity index (χ2n) is 5.23. The fourth-order valence-corrected chi connectivity index (χ4v) is 1.79. The molecule has 1 aromatic heterocycles. The van der Waals surface area contributed by atoms with Gasteiger partial charge in [-0.2, -0.15) is 0 Å². The van der Waals surface area contributed by atoms with Crippen molar-refractivity contribution >= 4 is 11.6 Å². The zero-order chi connectivity index (χ0) is 12.2. The van der Waals surface area contributed by atoms with Gasteiger partial charge in [-0.05, 0) is 35.6 Å². The monoisotopic (exact) mass is 245 g/mol. The van der Waals surface area contributed by atoms with Crippen molar-refractivity contribution < 1.29 is 9.52 Å². The highest BCUT2D eigenvalue weighted by Gasteiger charge is 2.17. The van der Waals surface area contributed by atoms with Crippen LogP contribution < -0.4 is 5.32 Å². The fraction of sp³-hybridized carbons (Fsp3) is 0.667. The van der Waals surface area contributed by atoms with Crippen LogP contribution in [0.1, 0.15) is 33.0 Å². The number of furan rings is 1. The summed E-state index contributed by atoms with van der Waals surface area (Å²) in [6, 6.07) is 3.64. The summed E-state index contributed by atoms with van der Waals surface area (Å²) in [5, 5.41) is 12.9. The van der Waals surface area contributed by atoms with Gasteiger partial charge in [0.25, 0.3) is 0 Å². The average molecular weight is 246 g/mol. The Balaban J connectivity index is 2.40. The largest absolute Gasteiger partial charge is 0.448 e. The number of aliphatic hydroxyl groups is 1.